The van der Waals surface area contributed by atoms with Crippen LogP contribution in [0.2, 0.25) is 0 Å². The number of fused-ring (bicyclic) bond motifs is 8. The van der Waals surface area contributed by atoms with Crippen LogP contribution in [0.3, 0.4) is 0 Å². The molecule has 0 fully saturated rings. The highest BCUT2D eigenvalue weighted by Crippen LogP contribution is 2.62. The molecule has 0 saturated carbocycles. The molecule has 2 aliphatic carbocycles. The van der Waals surface area contributed by atoms with Crippen LogP contribution in [0.4, 0.5) is 17.1 Å². The number of hydrogen-bond acceptors (Lipinski definition) is 1. The summed E-state index contributed by atoms with van der Waals surface area (Å²) in [6, 6.07) is 61.6. The summed E-state index contributed by atoms with van der Waals surface area (Å²) >= 11 is 0. The molecule has 0 N–H and O–H groups in total. The summed E-state index contributed by atoms with van der Waals surface area (Å²) in [5.41, 5.74) is 19.0. The summed E-state index contributed by atoms with van der Waals surface area (Å²) in [4.78, 5) is 2.52. The van der Waals surface area contributed by atoms with Crippen molar-refractivity contribution >= 4 is 17.1 Å². The first kappa shape index (κ1) is 29.3. The first-order chi connectivity index (χ1) is 24.3. The second-order valence-electron chi connectivity index (χ2n) is 15.3. The van der Waals surface area contributed by atoms with Gasteiger partial charge in [-0.3, -0.25) is 0 Å². The van der Waals surface area contributed by atoms with Crippen molar-refractivity contribution < 1.29 is 0 Å². The smallest absolute Gasteiger partial charge is 0.0745 e. The van der Waals surface area contributed by atoms with Crippen LogP contribution < -0.4 is 4.90 Å². The average Bonchev–Trinajstić information content (AvgIpc) is 3.54. The average molecular weight is 642 g/mol. The van der Waals surface area contributed by atoms with Gasteiger partial charge in [0.15, 0.2) is 0 Å². The quantitative estimate of drug-likeness (QED) is 0.186. The summed E-state index contributed by atoms with van der Waals surface area (Å²) in [7, 11) is 0. The molecule has 1 heterocycles. The van der Waals surface area contributed by atoms with Crippen LogP contribution in [-0.4, -0.2) is 0 Å². The van der Waals surface area contributed by atoms with Crippen molar-refractivity contribution in [3.05, 3.63) is 208 Å². The number of rotatable bonds is 3. The Kier molecular flexibility index (Phi) is 5.96. The van der Waals surface area contributed by atoms with Crippen LogP contribution in [-0.2, 0) is 16.2 Å². The third-order valence-electron chi connectivity index (χ3n) is 12.1. The molecule has 0 atom stereocenters. The van der Waals surface area contributed by atoms with Gasteiger partial charge >= 0.3 is 0 Å². The lowest BCUT2D eigenvalue weighted by molar-refractivity contribution is 0.625. The number of benzene rings is 7. The zero-order valence-corrected chi connectivity index (χ0v) is 29.0. The van der Waals surface area contributed by atoms with Gasteiger partial charge in [0.2, 0.25) is 0 Å². The Hall–Kier alpha value is -5.66. The number of nitrogens with zero attached hydrogens (tertiary/aromatic N) is 1. The SMILES string of the molecule is CC1(C)c2ccccc2-c2ccc(N3c4ccccc4C(c4ccccc4)(c4cccc5c4C(C)(C)c4ccccc4-5)c4ccccc43)cc21. The fraction of sp³-hybridized carbons (Fsp3) is 0.143. The van der Waals surface area contributed by atoms with Gasteiger partial charge in [0, 0.05) is 16.5 Å². The lowest BCUT2D eigenvalue weighted by Gasteiger charge is -2.48. The molecule has 0 saturated heterocycles. The minimum atomic E-state index is -0.554. The third-order valence-corrected chi connectivity index (χ3v) is 12.1. The highest BCUT2D eigenvalue weighted by molar-refractivity contribution is 5.93. The number of anilines is 3. The van der Waals surface area contributed by atoms with E-state index in [-0.39, 0.29) is 10.8 Å². The Morgan fingerprint density at radius 2 is 0.840 bits per heavy atom. The number of para-hydroxylation sites is 2. The van der Waals surface area contributed by atoms with Crippen molar-refractivity contribution in [2.45, 2.75) is 43.9 Å². The van der Waals surface area contributed by atoms with Gasteiger partial charge in [0.1, 0.15) is 0 Å². The normalized spacial score (nSPS) is 16.4. The van der Waals surface area contributed by atoms with E-state index in [9.17, 15) is 0 Å². The molecule has 7 aromatic carbocycles. The Morgan fingerprint density at radius 3 is 1.50 bits per heavy atom. The first-order valence-electron chi connectivity index (χ1n) is 17.9. The van der Waals surface area contributed by atoms with E-state index in [1.807, 2.05) is 0 Å². The fourth-order valence-corrected chi connectivity index (χ4v) is 9.96. The van der Waals surface area contributed by atoms with Crippen LogP contribution in [0, 0.1) is 0 Å². The molecule has 1 heteroatoms. The summed E-state index contributed by atoms with van der Waals surface area (Å²) in [6.45, 7) is 9.57. The van der Waals surface area contributed by atoms with E-state index in [1.165, 1.54) is 83.8 Å². The van der Waals surface area contributed by atoms with Crippen LogP contribution in [0.5, 0.6) is 0 Å². The molecular weight excluding hydrogens is 603 g/mol. The highest BCUT2D eigenvalue weighted by atomic mass is 15.2. The molecule has 7 aromatic rings. The van der Waals surface area contributed by atoms with E-state index in [0.29, 0.717) is 0 Å². The molecule has 0 spiro atoms. The monoisotopic (exact) mass is 641 g/mol. The Balaban J connectivity index is 1.29. The topological polar surface area (TPSA) is 3.24 Å². The highest BCUT2D eigenvalue weighted by Gasteiger charge is 2.50. The van der Waals surface area contributed by atoms with Gasteiger partial charge in [-0.15, -0.1) is 0 Å². The minimum absolute atomic E-state index is 0.0876. The van der Waals surface area contributed by atoms with Gasteiger partial charge in [-0.1, -0.05) is 167 Å². The van der Waals surface area contributed by atoms with E-state index in [0.717, 1.165) is 0 Å². The third kappa shape index (κ3) is 3.62. The summed E-state index contributed by atoms with van der Waals surface area (Å²) < 4.78 is 0. The Labute approximate surface area is 295 Å². The van der Waals surface area contributed by atoms with Crippen LogP contribution in [0.25, 0.3) is 22.3 Å². The summed E-state index contributed by atoms with van der Waals surface area (Å²) in [5.74, 6) is 0. The van der Waals surface area contributed by atoms with Gasteiger partial charge < -0.3 is 4.90 Å². The maximum atomic E-state index is 2.52. The van der Waals surface area contributed by atoms with Crippen LogP contribution >= 0.6 is 0 Å². The van der Waals surface area contributed by atoms with Crippen LogP contribution in [0.1, 0.15) is 72.2 Å². The van der Waals surface area contributed by atoms with Crippen molar-refractivity contribution in [2.75, 3.05) is 4.90 Å². The second-order valence-corrected chi connectivity index (χ2v) is 15.3. The van der Waals surface area contributed by atoms with Crippen LogP contribution in [0.15, 0.2) is 164 Å². The molecule has 0 amide bonds. The molecule has 50 heavy (non-hydrogen) atoms. The van der Waals surface area contributed by atoms with E-state index in [4.69, 9.17) is 0 Å². The van der Waals surface area contributed by atoms with Gasteiger partial charge in [0.05, 0.1) is 16.8 Å². The van der Waals surface area contributed by atoms with E-state index >= 15 is 0 Å². The van der Waals surface area contributed by atoms with E-state index < -0.39 is 5.41 Å². The predicted molar refractivity (Wildman–Crippen MR) is 208 cm³/mol. The lowest BCUT2D eigenvalue weighted by Crippen LogP contribution is -2.39. The Bertz CT molecular complexity index is 2450. The second kappa shape index (κ2) is 10.2. The molecule has 1 aliphatic heterocycles. The molecule has 0 aromatic heterocycles. The van der Waals surface area contributed by atoms with Gasteiger partial charge in [-0.2, -0.15) is 0 Å². The van der Waals surface area contributed by atoms with Crippen molar-refractivity contribution in [1.82, 2.24) is 0 Å². The first-order valence-corrected chi connectivity index (χ1v) is 17.9. The van der Waals surface area contributed by atoms with Gasteiger partial charge in [-0.05, 0) is 91.0 Å². The maximum absolute atomic E-state index is 2.52. The van der Waals surface area contributed by atoms with E-state index in [2.05, 4.69) is 196 Å². The largest absolute Gasteiger partial charge is 0.310 e. The molecule has 0 unspecified atom stereocenters. The molecule has 10 rings (SSSR count). The minimum Gasteiger partial charge on any atom is -0.310 e. The molecular formula is C49H39N. The summed E-state index contributed by atoms with van der Waals surface area (Å²) in [6.07, 6.45) is 0. The van der Waals surface area contributed by atoms with Crippen molar-refractivity contribution in [2.24, 2.45) is 0 Å². The predicted octanol–water partition coefficient (Wildman–Crippen LogP) is 12.5. The standard InChI is InChI=1S/C49H39N/c1-47(2)38-22-10-8-19-34(38)36-30-29-33(31-43(36)47)50-44-27-14-12-24-40(44)49(32-17-6-5-7-18-32,41-25-13-15-28-45(41)50)42-26-16-21-37-35-20-9-11-23-39(35)48(3,4)46(37)42/h5-31H,1-4H3. The summed E-state index contributed by atoms with van der Waals surface area (Å²) in [5, 5.41) is 0. The fourth-order valence-electron chi connectivity index (χ4n) is 9.96. The van der Waals surface area contributed by atoms with E-state index in [1.54, 1.807) is 0 Å². The maximum Gasteiger partial charge on any atom is 0.0745 e. The molecule has 0 radical (unpaired) electrons. The van der Waals surface area contributed by atoms with Crippen molar-refractivity contribution in [1.29, 1.82) is 0 Å². The molecule has 0 bridgehead atoms. The molecule has 240 valence electrons. The molecule has 1 nitrogen and oxygen atoms in total. The zero-order chi connectivity index (χ0) is 33.8. The lowest BCUT2D eigenvalue weighted by atomic mass is 9.59. The Morgan fingerprint density at radius 1 is 0.360 bits per heavy atom. The molecule has 3 aliphatic rings. The van der Waals surface area contributed by atoms with Gasteiger partial charge in [-0.25, -0.2) is 0 Å². The number of hydrogen-bond donors (Lipinski definition) is 0. The van der Waals surface area contributed by atoms with Crippen molar-refractivity contribution in [3.8, 4) is 22.3 Å². The van der Waals surface area contributed by atoms with Gasteiger partial charge in [0.25, 0.3) is 0 Å². The zero-order valence-electron chi connectivity index (χ0n) is 29.0. The van der Waals surface area contributed by atoms with Crippen molar-refractivity contribution in [3.63, 3.8) is 0 Å².